The van der Waals surface area contributed by atoms with Crippen LogP contribution in [0.1, 0.15) is 21.5 Å². The number of sulfonamides is 1. The highest BCUT2D eigenvalue weighted by Crippen LogP contribution is 2.25. The van der Waals surface area contributed by atoms with E-state index in [1.54, 1.807) is 36.4 Å². The number of anilines is 2. The van der Waals surface area contributed by atoms with Crippen LogP contribution in [0.5, 0.6) is 5.75 Å². The Labute approximate surface area is 177 Å². The maximum absolute atomic E-state index is 12.9. The Hall–Kier alpha value is -3.32. The quantitative estimate of drug-likeness (QED) is 0.637. The molecule has 3 rings (SSSR count). The van der Waals surface area contributed by atoms with Crippen LogP contribution in [0.25, 0.3) is 0 Å². The molecule has 30 heavy (non-hydrogen) atoms. The molecule has 0 aliphatic heterocycles. The number of para-hydroxylation sites is 1. The van der Waals surface area contributed by atoms with E-state index < -0.39 is 10.0 Å². The number of aryl methyl sites for hydroxylation is 2. The van der Waals surface area contributed by atoms with E-state index >= 15 is 0 Å². The first-order valence-electron chi connectivity index (χ1n) is 9.34. The van der Waals surface area contributed by atoms with E-state index in [0.717, 1.165) is 16.8 Å². The van der Waals surface area contributed by atoms with E-state index in [4.69, 9.17) is 4.74 Å². The van der Waals surface area contributed by atoms with Crippen molar-refractivity contribution in [2.75, 3.05) is 23.8 Å². The van der Waals surface area contributed by atoms with Gasteiger partial charge in [0.1, 0.15) is 5.75 Å². The zero-order valence-electron chi connectivity index (χ0n) is 17.3. The van der Waals surface area contributed by atoms with Gasteiger partial charge in [-0.3, -0.25) is 9.10 Å². The molecule has 0 aliphatic rings. The van der Waals surface area contributed by atoms with Crippen LogP contribution in [0, 0.1) is 13.8 Å². The van der Waals surface area contributed by atoms with Crippen molar-refractivity contribution in [2.45, 2.75) is 18.7 Å². The van der Waals surface area contributed by atoms with Crippen LogP contribution in [-0.4, -0.2) is 28.5 Å². The molecule has 0 radical (unpaired) electrons. The molecule has 6 nitrogen and oxygen atoms in total. The number of carbonyl (C=O) groups excluding carboxylic acids is 1. The summed E-state index contributed by atoms with van der Waals surface area (Å²) in [6, 6.07) is 18.4. The second-order valence-corrected chi connectivity index (χ2v) is 8.89. The number of hydrogen-bond donors (Lipinski definition) is 1. The van der Waals surface area contributed by atoms with E-state index in [0.29, 0.717) is 17.0 Å². The number of methoxy groups -OCH3 is 1. The van der Waals surface area contributed by atoms with Crippen molar-refractivity contribution < 1.29 is 17.9 Å². The van der Waals surface area contributed by atoms with Crippen molar-refractivity contribution in [3.8, 4) is 5.75 Å². The third-order valence-corrected chi connectivity index (χ3v) is 6.73. The fourth-order valence-corrected chi connectivity index (χ4v) is 4.26. The highest BCUT2D eigenvalue weighted by Gasteiger charge is 2.21. The van der Waals surface area contributed by atoms with Crippen molar-refractivity contribution in [3.63, 3.8) is 0 Å². The summed E-state index contributed by atoms with van der Waals surface area (Å²) < 4.78 is 32.0. The van der Waals surface area contributed by atoms with Gasteiger partial charge in [0.25, 0.3) is 15.9 Å². The number of hydrogen-bond acceptors (Lipinski definition) is 4. The molecule has 0 fully saturated rings. The third-order valence-electron chi connectivity index (χ3n) is 4.93. The van der Waals surface area contributed by atoms with Crippen molar-refractivity contribution in [1.82, 2.24) is 0 Å². The number of ether oxygens (including phenoxy) is 1. The number of benzene rings is 3. The molecule has 0 unspecified atom stereocenters. The minimum absolute atomic E-state index is 0.155. The van der Waals surface area contributed by atoms with Gasteiger partial charge in [-0.1, -0.05) is 18.2 Å². The van der Waals surface area contributed by atoms with E-state index in [1.807, 2.05) is 32.0 Å². The van der Waals surface area contributed by atoms with Crippen LogP contribution in [0.15, 0.2) is 71.6 Å². The Balaban J connectivity index is 1.79. The average Bonchev–Trinajstić information content (AvgIpc) is 2.76. The third kappa shape index (κ3) is 4.31. The lowest BCUT2D eigenvalue weighted by Crippen LogP contribution is -2.26. The van der Waals surface area contributed by atoms with Crippen LogP contribution >= 0.6 is 0 Å². The Morgan fingerprint density at radius 1 is 0.900 bits per heavy atom. The molecule has 3 aromatic rings. The fourth-order valence-electron chi connectivity index (χ4n) is 3.06. The molecule has 0 heterocycles. The molecule has 0 aromatic heterocycles. The van der Waals surface area contributed by atoms with E-state index in [2.05, 4.69) is 5.32 Å². The minimum Gasteiger partial charge on any atom is -0.497 e. The summed E-state index contributed by atoms with van der Waals surface area (Å²) in [6.45, 7) is 3.87. The van der Waals surface area contributed by atoms with Gasteiger partial charge in [0.15, 0.2) is 0 Å². The van der Waals surface area contributed by atoms with E-state index in [1.165, 1.54) is 30.6 Å². The SMILES string of the molecule is COc1ccc(S(=O)(=O)N(C)c2ccc(C(=O)Nc3c(C)cccc3C)cc2)cc1. The van der Waals surface area contributed by atoms with Gasteiger partial charge in [0.2, 0.25) is 0 Å². The lowest BCUT2D eigenvalue weighted by atomic mass is 10.1. The first-order chi connectivity index (χ1) is 14.2. The number of nitrogens with one attached hydrogen (secondary N) is 1. The Bertz CT molecular complexity index is 1130. The Morgan fingerprint density at radius 3 is 2.00 bits per heavy atom. The van der Waals surface area contributed by atoms with Gasteiger partial charge in [-0.15, -0.1) is 0 Å². The smallest absolute Gasteiger partial charge is 0.264 e. The fraction of sp³-hybridized carbons (Fsp3) is 0.174. The summed E-state index contributed by atoms with van der Waals surface area (Å²) >= 11 is 0. The summed E-state index contributed by atoms with van der Waals surface area (Å²) in [4.78, 5) is 12.8. The molecule has 0 spiro atoms. The number of carbonyl (C=O) groups is 1. The van der Waals surface area contributed by atoms with Gasteiger partial charge in [0, 0.05) is 18.3 Å². The first-order valence-corrected chi connectivity index (χ1v) is 10.8. The lowest BCUT2D eigenvalue weighted by molar-refractivity contribution is 0.102. The summed E-state index contributed by atoms with van der Waals surface area (Å²) in [5, 5.41) is 2.93. The molecule has 1 N–H and O–H groups in total. The predicted molar refractivity (Wildman–Crippen MR) is 119 cm³/mol. The van der Waals surface area contributed by atoms with Gasteiger partial charge in [-0.2, -0.15) is 0 Å². The highest BCUT2D eigenvalue weighted by molar-refractivity contribution is 7.92. The van der Waals surface area contributed by atoms with Crippen molar-refractivity contribution >= 4 is 27.3 Å². The van der Waals surface area contributed by atoms with Crippen molar-refractivity contribution in [1.29, 1.82) is 0 Å². The number of amides is 1. The van der Waals surface area contributed by atoms with Gasteiger partial charge < -0.3 is 10.1 Å². The second-order valence-electron chi connectivity index (χ2n) is 6.92. The zero-order valence-corrected chi connectivity index (χ0v) is 18.2. The van der Waals surface area contributed by atoms with E-state index in [9.17, 15) is 13.2 Å². The van der Waals surface area contributed by atoms with Gasteiger partial charge >= 0.3 is 0 Å². The predicted octanol–water partition coefficient (Wildman–Crippen LogP) is 4.39. The molecule has 156 valence electrons. The maximum Gasteiger partial charge on any atom is 0.264 e. The van der Waals surface area contributed by atoms with Crippen LogP contribution in [0.2, 0.25) is 0 Å². The Morgan fingerprint density at radius 2 is 1.47 bits per heavy atom. The monoisotopic (exact) mass is 424 g/mol. The minimum atomic E-state index is -3.73. The first kappa shape index (κ1) is 21.4. The molecule has 3 aromatic carbocycles. The zero-order chi connectivity index (χ0) is 21.9. The normalized spacial score (nSPS) is 11.1. The molecule has 0 saturated heterocycles. The van der Waals surface area contributed by atoms with Crippen LogP contribution in [0.4, 0.5) is 11.4 Å². The number of nitrogens with zero attached hydrogens (tertiary/aromatic N) is 1. The molecule has 0 atom stereocenters. The van der Waals surface area contributed by atoms with Crippen LogP contribution in [0.3, 0.4) is 0 Å². The lowest BCUT2D eigenvalue weighted by Gasteiger charge is -2.20. The maximum atomic E-state index is 12.9. The molecular weight excluding hydrogens is 400 g/mol. The molecule has 0 bridgehead atoms. The van der Waals surface area contributed by atoms with Crippen molar-refractivity contribution in [3.05, 3.63) is 83.4 Å². The largest absolute Gasteiger partial charge is 0.497 e. The summed E-state index contributed by atoms with van der Waals surface area (Å²) in [7, 11) is -0.734. The summed E-state index contributed by atoms with van der Waals surface area (Å²) in [5.41, 5.74) is 3.63. The number of rotatable bonds is 6. The molecular formula is C23H24N2O4S. The highest BCUT2D eigenvalue weighted by atomic mass is 32.2. The van der Waals surface area contributed by atoms with Crippen LogP contribution < -0.4 is 14.4 Å². The Kier molecular flexibility index (Phi) is 6.12. The van der Waals surface area contributed by atoms with E-state index in [-0.39, 0.29) is 10.8 Å². The summed E-state index contributed by atoms with van der Waals surface area (Å²) in [6.07, 6.45) is 0. The molecule has 0 saturated carbocycles. The molecule has 0 aliphatic carbocycles. The van der Waals surface area contributed by atoms with Gasteiger partial charge in [0.05, 0.1) is 17.7 Å². The van der Waals surface area contributed by atoms with Crippen molar-refractivity contribution in [2.24, 2.45) is 0 Å². The second kappa shape index (κ2) is 8.59. The van der Waals surface area contributed by atoms with Crippen LogP contribution in [-0.2, 0) is 10.0 Å². The topological polar surface area (TPSA) is 75.7 Å². The standard InChI is InChI=1S/C23H24N2O4S/c1-16-6-5-7-17(2)22(16)24-23(26)18-8-10-19(11-9-18)25(3)30(27,28)21-14-12-20(29-4)13-15-21/h5-15H,1-4H3,(H,24,26). The van der Waals surface area contributed by atoms with Gasteiger partial charge in [-0.25, -0.2) is 8.42 Å². The van der Waals surface area contributed by atoms with Gasteiger partial charge in [-0.05, 0) is 73.5 Å². The average molecular weight is 425 g/mol. The molecule has 7 heteroatoms. The molecule has 1 amide bonds. The summed E-state index contributed by atoms with van der Waals surface area (Å²) in [5.74, 6) is 0.329.